The summed E-state index contributed by atoms with van der Waals surface area (Å²) in [7, 11) is 1.57. The van der Waals surface area contributed by atoms with Crippen LogP contribution >= 0.6 is 0 Å². The first-order valence-electron chi connectivity index (χ1n) is 3.90. The lowest BCUT2D eigenvalue weighted by atomic mass is 10.4. The van der Waals surface area contributed by atoms with E-state index in [2.05, 4.69) is 21.2 Å². The topological polar surface area (TPSA) is 47.0 Å². The Labute approximate surface area is 77.4 Å². The number of nitrogens with one attached hydrogen (secondary N) is 1. The molecule has 4 heteroatoms. The van der Waals surface area contributed by atoms with Crippen LogP contribution in [-0.4, -0.2) is 23.6 Å². The molecule has 0 aliphatic heterocycles. The summed E-state index contributed by atoms with van der Waals surface area (Å²) in [6.07, 6.45) is 8.95. The largest absolute Gasteiger partial charge is 0.494 e. The van der Waals surface area contributed by atoms with E-state index in [-0.39, 0.29) is 0 Å². The number of methoxy groups -OCH3 is 1. The Kier molecular flexibility index (Phi) is 3.58. The SMILES string of the molecule is C#CCCNc1ncc(OC)cn1. The number of ether oxygens (including phenoxy) is 1. The van der Waals surface area contributed by atoms with Gasteiger partial charge in [0.2, 0.25) is 5.95 Å². The summed E-state index contributed by atoms with van der Waals surface area (Å²) in [5, 5.41) is 2.98. The van der Waals surface area contributed by atoms with E-state index < -0.39 is 0 Å². The Balaban J connectivity index is 2.45. The molecule has 68 valence electrons. The first-order valence-corrected chi connectivity index (χ1v) is 3.90. The van der Waals surface area contributed by atoms with E-state index in [9.17, 15) is 0 Å². The lowest BCUT2D eigenvalue weighted by molar-refractivity contribution is 0.411. The molecule has 13 heavy (non-hydrogen) atoms. The van der Waals surface area contributed by atoms with Crippen LogP contribution in [0.15, 0.2) is 12.4 Å². The van der Waals surface area contributed by atoms with Crippen molar-refractivity contribution < 1.29 is 4.74 Å². The number of terminal acetylenes is 1. The van der Waals surface area contributed by atoms with Gasteiger partial charge in [-0.2, -0.15) is 0 Å². The van der Waals surface area contributed by atoms with Crippen LogP contribution in [0.4, 0.5) is 5.95 Å². The maximum atomic E-state index is 5.09. The van der Waals surface area contributed by atoms with Gasteiger partial charge >= 0.3 is 0 Å². The van der Waals surface area contributed by atoms with Gasteiger partial charge in [0.1, 0.15) is 0 Å². The summed E-state index contributed by atoms with van der Waals surface area (Å²) in [5.41, 5.74) is 0. The van der Waals surface area contributed by atoms with Crippen LogP contribution in [0, 0.1) is 12.3 Å². The number of rotatable bonds is 4. The van der Waals surface area contributed by atoms with Crippen molar-refractivity contribution >= 4 is 5.95 Å². The second-order valence-electron chi connectivity index (χ2n) is 2.33. The van der Waals surface area contributed by atoms with Gasteiger partial charge in [-0.3, -0.25) is 0 Å². The molecule has 0 saturated carbocycles. The third kappa shape index (κ3) is 2.99. The highest BCUT2D eigenvalue weighted by molar-refractivity contribution is 5.26. The molecule has 0 fully saturated rings. The van der Waals surface area contributed by atoms with E-state index in [1.807, 2.05) is 0 Å². The molecule has 0 unspecified atom stereocenters. The molecule has 1 N–H and O–H groups in total. The highest BCUT2D eigenvalue weighted by Crippen LogP contribution is 2.06. The normalized spacial score (nSPS) is 8.92. The van der Waals surface area contributed by atoms with Crippen LogP contribution < -0.4 is 10.1 Å². The van der Waals surface area contributed by atoms with Crippen LogP contribution in [0.2, 0.25) is 0 Å². The third-order valence-electron chi connectivity index (χ3n) is 1.42. The molecule has 0 aliphatic carbocycles. The second-order valence-corrected chi connectivity index (χ2v) is 2.33. The van der Waals surface area contributed by atoms with Crippen molar-refractivity contribution in [3.63, 3.8) is 0 Å². The maximum absolute atomic E-state index is 5.09. The number of anilines is 1. The van der Waals surface area contributed by atoms with Gasteiger partial charge in [-0.15, -0.1) is 12.3 Å². The first-order chi connectivity index (χ1) is 6.36. The fraction of sp³-hybridized carbons (Fsp3) is 0.333. The zero-order chi connectivity index (χ0) is 9.52. The lowest BCUT2D eigenvalue weighted by Gasteiger charge is -2.02. The van der Waals surface area contributed by atoms with E-state index in [0.717, 1.165) is 0 Å². The summed E-state index contributed by atoms with van der Waals surface area (Å²) >= 11 is 0. The molecule has 1 rings (SSSR count). The molecule has 0 spiro atoms. The van der Waals surface area contributed by atoms with Gasteiger partial charge in [-0.05, 0) is 0 Å². The van der Waals surface area contributed by atoms with E-state index in [0.29, 0.717) is 24.7 Å². The van der Waals surface area contributed by atoms with E-state index in [1.165, 1.54) is 0 Å². The van der Waals surface area contributed by atoms with Gasteiger partial charge in [0.25, 0.3) is 0 Å². The van der Waals surface area contributed by atoms with Crippen LogP contribution in [0.25, 0.3) is 0 Å². The van der Waals surface area contributed by atoms with Gasteiger partial charge in [-0.25, -0.2) is 9.97 Å². The monoisotopic (exact) mass is 177 g/mol. The Hall–Kier alpha value is -1.76. The van der Waals surface area contributed by atoms with Gasteiger partial charge in [-0.1, -0.05) is 0 Å². The molecule has 0 bridgehead atoms. The fourth-order valence-corrected chi connectivity index (χ4v) is 0.759. The van der Waals surface area contributed by atoms with Gasteiger partial charge < -0.3 is 10.1 Å². The number of nitrogens with zero attached hydrogens (tertiary/aromatic N) is 2. The molecule has 1 heterocycles. The Bertz CT molecular complexity index is 289. The molecule has 4 nitrogen and oxygen atoms in total. The second kappa shape index (κ2) is 4.99. The molecular formula is C9H11N3O. The zero-order valence-electron chi connectivity index (χ0n) is 7.45. The van der Waals surface area contributed by atoms with Crippen molar-refractivity contribution in [2.75, 3.05) is 19.0 Å². The maximum Gasteiger partial charge on any atom is 0.222 e. The summed E-state index contributed by atoms with van der Waals surface area (Å²) in [5.74, 6) is 3.72. The van der Waals surface area contributed by atoms with Gasteiger partial charge in [0.05, 0.1) is 19.5 Å². The summed E-state index contributed by atoms with van der Waals surface area (Å²) < 4.78 is 4.91. The molecular weight excluding hydrogens is 166 g/mol. The highest BCUT2D eigenvalue weighted by Gasteiger charge is 1.94. The molecule has 0 aliphatic rings. The van der Waals surface area contributed by atoms with Gasteiger partial charge in [0.15, 0.2) is 5.75 Å². The minimum atomic E-state index is 0.566. The van der Waals surface area contributed by atoms with E-state index in [4.69, 9.17) is 11.2 Å². The molecule has 0 amide bonds. The van der Waals surface area contributed by atoms with Crippen molar-refractivity contribution in [3.05, 3.63) is 12.4 Å². The van der Waals surface area contributed by atoms with Crippen molar-refractivity contribution in [2.45, 2.75) is 6.42 Å². The Morgan fingerprint density at radius 3 is 2.77 bits per heavy atom. The van der Waals surface area contributed by atoms with Crippen molar-refractivity contribution in [1.29, 1.82) is 0 Å². The predicted molar refractivity (Wildman–Crippen MR) is 50.5 cm³/mol. The Morgan fingerprint density at radius 2 is 2.23 bits per heavy atom. The van der Waals surface area contributed by atoms with Crippen molar-refractivity contribution in [2.24, 2.45) is 0 Å². The summed E-state index contributed by atoms with van der Waals surface area (Å²) in [4.78, 5) is 8.01. The van der Waals surface area contributed by atoms with Crippen LogP contribution in [0.1, 0.15) is 6.42 Å². The average molecular weight is 177 g/mol. The molecule has 0 aromatic carbocycles. The zero-order valence-corrected chi connectivity index (χ0v) is 7.45. The van der Waals surface area contributed by atoms with Crippen LogP contribution in [0.5, 0.6) is 5.75 Å². The third-order valence-corrected chi connectivity index (χ3v) is 1.42. The molecule has 0 radical (unpaired) electrons. The Morgan fingerprint density at radius 1 is 1.54 bits per heavy atom. The van der Waals surface area contributed by atoms with E-state index in [1.54, 1.807) is 19.5 Å². The highest BCUT2D eigenvalue weighted by atomic mass is 16.5. The smallest absolute Gasteiger partial charge is 0.222 e. The van der Waals surface area contributed by atoms with Gasteiger partial charge in [0, 0.05) is 13.0 Å². The number of hydrogen-bond acceptors (Lipinski definition) is 4. The van der Waals surface area contributed by atoms with Crippen molar-refractivity contribution in [1.82, 2.24) is 9.97 Å². The minimum absolute atomic E-state index is 0.566. The summed E-state index contributed by atoms with van der Waals surface area (Å²) in [6, 6.07) is 0. The molecule has 1 aromatic rings. The van der Waals surface area contributed by atoms with E-state index >= 15 is 0 Å². The summed E-state index contributed by atoms with van der Waals surface area (Å²) in [6.45, 7) is 0.683. The van der Waals surface area contributed by atoms with Crippen LogP contribution in [0.3, 0.4) is 0 Å². The quantitative estimate of drug-likeness (QED) is 0.548. The lowest BCUT2D eigenvalue weighted by Crippen LogP contribution is -2.04. The average Bonchev–Trinajstić information content (AvgIpc) is 2.19. The number of hydrogen-bond donors (Lipinski definition) is 1. The standard InChI is InChI=1S/C9H11N3O/c1-3-4-5-10-9-11-6-8(13-2)7-12-9/h1,6-7H,4-5H2,2H3,(H,10,11,12). The molecule has 0 atom stereocenters. The molecule has 1 aromatic heterocycles. The van der Waals surface area contributed by atoms with Crippen LogP contribution in [-0.2, 0) is 0 Å². The van der Waals surface area contributed by atoms with Crippen molar-refractivity contribution in [3.8, 4) is 18.1 Å². The predicted octanol–water partition coefficient (Wildman–Crippen LogP) is 0.920. The molecule has 0 saturated heterocycles. The first kappa shape index (κ1) is 9.33. The fourth-order valence-electron chi connectivity index (χ4n) is 0.759. The number of aromatic nitrogens is 2. The minimum Gasteiger partial charge on any atom is -0.494 e.